The highest BCUT2D eigenvalue weighted by atomic mass is 15.2. The third-order valence-electron chi connectivity index (χ3n) is 16.0. The maximum atomic E-state index is 5.05. The van der Waals surface area contributed by atoms with Crippen LogP contribution in [0, 0.1) is 0 Å². The molecule has 0 spiro atoms. The lowest BCUT2D eigenvalue weighted by Crippen LogP contribution is -2.30. The van der Waals surface area contributed by atoms with E-state index in [2.05, 4.69) is 269 Å². The van der Waals surface area contributed by atoms with E-state index < -0.39 is 0 Å². The maximum Gasteiger partial charge on any atom is 0.0502 e. The van der Waals surface area contributed by atoms with E-state index in [0.29, 0.717) is 0 Å². The largest absolute Gasteiger partial charge is 0.310 e. The summed E-state index contributed by atoms with van der Waals surface area (Å²) < 4.78 is 0. The summed E-state index contributed by atoms with van der Waals surface area (Å²) in [7, 11) is 0. The molecule has 0 amide bonds. The molecule has 13 rings (SSSR count). The van der Waals surface area contributed by atoms with Crippen molar-refractivity contribution in [2.75, 3.05) is 9.80 Å². The monoisotopic (exact) mass is 922 g/mol. The summed E-state index contributed by atoms with van der Waals surface area (Å²) in [5.74, 6) is 0. The minimum absolute atomic E-state index is 0.189. The molecule has 0 aromatic heterocycles. The molecule has 0 unspecified atom stereocenters. The predicted molar refractivity (Wildman–Crippen MR) is 308 cm³/mol. The smallest absolute Gasteiger partial charge is 0.0502 e. The van der Waals surface area contributed by atoms with Crippen LogP contribution in [0.4, 0.5) is 34.1 Å². The van der Waals surface area contributed by atoms with Crippen molar-refractivity contribution in [3.63, 3.8) is 0 Å². The van der Waals surface area contributed by atoms with Crippen molar-refractivity contribution >= 4 is 78.1 Å². The van der Waals surface area contributed by atoms with Crippen molar-refractivity contribution in [2.45, 2.75) is 38.5 Å². The Morgan fingerprint density at radius 1 is 0.389 bits per heavy atom. The number of fused-ring (bicyclic) bond motifs is 7. The first-order valence-corrected chi connectivity index (χ1v) is 25.2. The molecule has 0 aliphatic carbocycles. The van der Waals surface area contributed by atoms with Crippen LogP contribution < -0.4 is 9.80 Å². The van der Waals surface area contributed by atoms with E-state index in [1.165, 1.54) is 78.0 Å². The number of rotatable bonds is 7. The van der Waals surface area contributed by atoms with Crippen molar-refractivity contribution in [2.24, 2.45) is 0 Å². The molecule has 11 aromatic carbocycles. The quantitative estimate of drug-likeness (QED) is 0.147. The maximum absolute atomic E-state index is 5.05. The minimum Gasteiger partial charge on any atom is -0.310 e. The van der Waals surface area contributed by atoms with Crippen LogP contribution in [0.5, 0.6) is 0 Å². The Hall–Kier alpha value is -8.72. The molecular weight excluding hydrogens is 869 g/mol. The molecule has 0 saturated heterocycles. The molecule has 2 aliphatic rings. The molecule has 0 fully saturated rings. The predicted octanol–water partition coefficient (Wildman–Crippen LogP) is 19.4. The van der Waals surface area contributed by atoms with Gasteiger partial charge < -0.3 is 9.80 Å². The second-order valence-electron chi connectivity index (χ2n) is 20.5. The molecule has 0 saturated carbocycles. The zero-order valence-electron chi connectivity index (χ0n) is 41.2. The van der Waals surface area contributed by atoms with Gasteiger partial charge in [0.25, 0.3) is 0 Å². The molecule has 2 heterocycles. The van der Waals surface area contributed by atoms with Gasteiger partial charge in [0.05, 0.1) is 22.7 Å². The van der Waals surface area contributed by atoms with Crippen LogP contribution in [0.1, 0.15) is 66.6 Å². The van der Waals surface area contributed by atoms with Crippen LogP contribution in [0.3, 0.4) is 0 Å². The summed E-state index contributed by atoms with van der Waals surface area (Å²) in [6.45, 7) is 18.8. The van der Waals surface area contributed by atoms with Gasteiger partial charge in [0.15, 0.2) is 0 Å². The van der Waals surface area contributed by atoms with Gasteiger partial charge >= 0.3 is 0 Å². The first-order chi connectivity index (χ1) is 35.1. The summed E-state index contributed by atoms with van der Waals surface area (Å²) >= 11 is 0. The van der Waals surface area contributed by atoms with E-state index >= 15 is 0 Å². The molecule has 2 aliphatic heterocycles. The van der Waals surface area contributed by atoms with Gasteiger partial charge in [-0.25, -0.2) is 0 Å². The molecule has 0 bridgehead atoms. The van der Waals surface area contributed by atoms with Crippen LogP contribution in [0.15, 0.2) is 238 Å². The highest BCUT2D eigenvalue weighted by Gasteiger charge is 2.38. The molecule has 2 nitrogen and oxygen atoms in total. The first kappa shape index (κ1) is 43.3. The minimum atomic E-state index is -0.189. The molecule has 72 heavy (non-hydrogen) atoms. The number of nitrogens with zero attached hydrogens (tertiary/aromatic N) is 2. The van der Waals surface area contributed by atoms with Crippen molar-refractivity contribution in [3.8, 4) is 22.3 Å². The lowest BCUT2D eigenvalue weighted by Gasteiger charge is -2.42. The Labute approximate surface area is 423 Å². The van der Waals surface area contributed by atoms with E-state index in [-0.39, 0.29) is 10.8 Å². The Morgan fingerprint density at radius 2 is 0.833 bits per heavy atom. The second kappa shape index (κ2) is 16.4. The molecular formula is C70H54N2. The van der Waals surface area contributed by atoms with E-state index in [9.17, 15) is 0 Å². The lowest BCUT2D eigenvalue weighted by atomic mass is 9.73. The Kier molecular flexibility index (Phi) is 9.89. The van der Waals surface area contributed by atoms with Gasteiger partial charge in [0, 0.05) is 22.2 Å². The zero-order valence-corrected chi connectivity index (χ0v) is 41.2. The fourth-order valence-electron chi connectivity index (χ4n) is 12.5. The molecule has 11 aromatic rings. The Balaban J connectivity index is 1.17. The number of para-hydroxylation sites is 4. The lowest BCUT2D eigenvalue weighted by molar-refractivity contribution is 0.632. The third kappa shape index (κ3) is 6.42. The van der Waals surface area contributed by atoms with Crippen LogP contribution in [0.25, 0.3) is 66.2 Å². The van der Waals surface area contributed by atoms with Crippen LogP contribution >= 0.6 is 0 Å². The molecule has 2 heteroatoms. The number of hydrogen-bond acceptors (Lipinski definition) is 2. The number of benzene rings is 11. The van der Waals surface area contributed by atoms with Gasteiger partial charge in [-0.1, -0.05) is 223 Å². The molecule has 0 atom stereocenters. The summed E-state index contributed by atoms with van der Waals surface area (Å²) in [4.78, 5) is 4.96. The third-order valence-corrected chi connectivity index (χ3v) is 16.0. The van der Waals surface area contributed by atoms with Gasteiger partial charge in [-0.3, -0.25) is 0 Å². The van der Waals surface area contributed by atoms with Crippen LogP contribution in [0.2, 0.25) is 0 Å². The summed E-state index contributed by atoms with van der Waals surface area (Å²) in [6.07, 6.45) is 1.96. The van der Waals surface area contributed by atoms with Crippen molar-refractivity contribution in [1.82, 2.24) is 0 Å². The Bertz CT molecular complexity index is 3950. The van der Waals surface area contributed by atoms with E-state index in [1.54, 1.807) is 0 Å². The van der Waals surface area contributed by atoms with Crippen LogP contribution in [-0.4, -0.2) is 0 Å². The summed E-state index contributed by atoms with van der Waals surface area (Å²) in [5, 5.41) is 7.02. The fourth-order valence-corrected chi connectivity index (χ4v) is 12.5. The van der Waals surface area contributed by atoms with Gasteiger partial charge in [-0.2, -0.15) is 0 Å². The number of hydrogen-bond donors (Lipinski definition) is 0. The van der Waals surface area contributed by atoms with Crippen molar-refractivity contribution < 1.29 is 0 Å². The van der Waals surface area contributed by atoms with Gasteiger partial charge in [-0.05, 0) is 148 Å². The fraction of sp³-hybridized carbons (Fsp3) is 0.0857. The topological polar surface area (TPSA) is 6.48 Å². The SMILES string of the molecule is C=Cc1ccccc1C(=C)c1c2cc(N3c4ccccc4C(C)(C)c4ccccc43)ccc2c(-c2ccccc2-c2cccc3ccccc23)c2cc(N3c4ccccc4C(C)(C)c4ccccc43)ccc12. The molecule has 0 N–H and O–H groups in total. The average Bonchev–Trinajstić information content (AvgIpc) is 3.42. The van der Waals surface area contributed by atoms with Gasteiger partial charge in [0.1, 0.15) is 0 Å². The normalized spacial score (nSPS) is 14.1. The zero-order chi connectivity index (χ0) is 48.9. The van der Waals surface area contributed by atoms with Gasteiger partial charge in [0.2, 0.25) is 0 Å². The van der Waals surface area contributed by atoms with Crippen LogP contribution in [-0.2, 0) is 10.8 Å². The molecule has 0 radical (unpaired) electrons. The average molecular weight is 923 g/mol. The summed E-state index contributed by atoms with van der Waals surface area (Å²) in [6, 6.07) is 83.1. The summed E-state index contributed by atoms with van der Waals surface area (Å²) in [5.41, 5.74) is 20.7. The van der Waals surface area contributed by atoms with E-state index in [0.717, 1.165) is 55.2 Å². The molecule has 344 valence electrons. The highest BCUT2D eigenvalue weighted by molar-refractivity contribution is 6.23. The standard InChI is InChI=1S/C70H54N2/c1-7-46-23-8-10-26-50(46)45(2)67-55-41-39-49(72-65-37-20-16-33-61(65)70(5,6)62-34-17-21-38-66(62)72)44-58(55)68(54-29-13-12-28-53(54)52-30-22-25-47-24-9-11-27-51(47)52)56-42-40-48(43-57(56)67)71-63-35-18-14-31-59(63)69(3,4)60-32-15-19-36-64(60)71/h7-44H,1-2H2,3-6H3. The van der Waals surface area contributed by atoms with E-state index in [4.69, 9.17) is 6.58 Å². The van der Waals surface area contributed by atoms with Crippen molar-refractivity contribution in [3.05, 3.63) is 277 Å². The van der Waals surface area contributed by atoms with Crippen molar-refractivity contribution in [1.29, 1.82) is 0 Å². The second-order valence-corrected chi connectivity index (χ2v) is 20.5. The van der Waals surface area contributed by atoms with E-state index in [1.807, 2.05) is 6.08 Å². The first-order valence-electron chi connectivity index (χ1n) is 25.2. The van der Waals surface area contributed by atoms with Gasteiger partial charge in [-0.15, -0.1) is 0 Å². The Morgan fingerprint density at radius 3 is 1.42 bits per heavy atom. The highest BCUT2D eigenvalue weighted by Crippen LogP contribution is 2.56. The number of anilines is 6.